The van der Waals surface area contributed by atoms with E-state index in [4.69, 9.17) is 11.6 Å². The van der Waals surface area contributed by atoms with Crippen molar-refractivity contribution in [3.8, 4) is 11.1 Å². The van der Waals surface area contributed by atoms with Crippen LogP contribution in [0.4, 0.5) is 8.78 Å². The first-order valence-electron chi connectivity index (χ1n) is 6.44. The molecule has 20 heavy (non-hydrogen) atoms. The summed E-state index contributed by atoms with van der Waals surface area (Å²) in [5.74, 6) is -1.17. The van der Waals surface area contributed by atoms with Gasteiger partial charge >= 0.3 is 0 Å². The van der Waals surface area contributed by atoms with Gasteiger partial charge in [0.25, 0.3) is 0 Å². The minimum absolute atomic E-state index is 0.311. The summed E-state index contributed by atoms with van der Waals surface area (Å²) in [4.78, 5) is 0. The third kappa shape index (κ3) is 3.78. The van der Waals surface area contributed by atoms with Crippen LogP contribution in [0.3, 0.4) is 0 Å². The van der Waals surface area contributed by atoms with Gasteiger partial charge in [-0.2, -0.15) is 0 Å². The smallest absolute Gasteiger partial charge is 0.126 e. The van der Waals surface area contributed by atoms with E-state index >= 15 is 0 Å². The molecule has 0 spiro atoms. The Labute approximate surface area is 122 Å². The Morgan fingerprint density at radius 1 is 1.05 bits per heavy atom. The van der Waals surface area contributed by atoms with Gasteiger partial charge < -0.3 is 5.32 Å². The highest BCUT2D eigenvalue weighted by Gasteiger charge is 2.09. The summed E-state index contributed by atoms with van der Waals surface area (Å²) in [6.45, 7) is 4.66. The molecule has 1 N–H and O–H groups in total. The molecule has 2 aromatic rings. The fourth-order valence-electron chi connectivity index (χ4n) is 2.01. The van der Waals surface area contributed by atoms with Crippen molar-refractivity contribution in [3.05, 3.63) is 58.6 Å². The van der Waals surface area contributed by atoms with Gasteiger partial charge in [0.1, 0.15) is 11.6 Å². The molecule has 0 aromatic heterocycles. The SMILES string of the molecule is CC(C)NCc1cc(Cl)ccc1-c1cc(F)cc(F)c1. The summed E-state index contributed by atoms with van der Waals surface area (Å²) in [5, 5.41) is 3.89. The zero-order chi connectivity index (χ0) is 14.7. The minimum Gasteiger partial charge on any atom is -0.310 e. The molecule has 0 saturated heterocycles. The molecule has 0 heterocycles. The average molecular weight is 296 g/mol. The molecule has 0 fully saturated rings. The van der Waals surface area contributed by atoms with Crippen LogP contribution < -0.4 is 5.32 Å². The van der Waals surface area contributed by atoms with Crippen molar-refractivity contribution in [2.45, 2.75) is 26.4 Å². The Morgan fingerprint density at radius 3 is 2.30 bits per heavy atom. The molecule has 0 amide bonds. The van der Waals surface area contributed by atoms with Gasteiger partial charge in [-0.05, 0) is 41.0 Å². The zero-order valence-electron chi connectivity index (χ0n) is 11.4. The van der Waals surface area contributed by atoms with E-state index in [1.54, 1.807) is 12.1 Å². The van der Waals surface area contributed by atoms with E-state index in [9.17, 15) is 8.78 Å². The molecular formula is C16H16ClF2N. The van der Waals surface area contributed by atoms with E-state index in [-0.39, 0.29) is 0 Å². The molecule has 0 aliphatic heterocycles. The quantitative estimate of drug-likeness (QED) is 0.855. The maximum absolute atomic E-state index is 13.4. The zero-order valence-corrected chi connectivity index (χ0v) is 12.1. The second-order valence-corrected chi connectivity index (χ2v) is 5.43. The number of hydrogen-bond donors (Lipinski definition) is 1. The highest BCUT2D eigenvalue weighted by Crippen LogP contribution is 2.28. The summed E-state index contributed by atoms with van der Waals surface area (Å²) < 4.78 is 26.7. The summed E-state index contributed by atoms with van der Waals surface area (Å²) in [7, 11) is 0. The summed E-state index contributed by atoms with van der Waals surface area (Å²) >= 11 is 6.01. The number of rotatable bonds is 4. The van der Waals surface area contributed by atoms with Crippen molar-refractivity contribution in [1.82, 2.24) is 5.32 Å². The van der Waals surface area contributed by atoms with Crippen molar-refractivity contribution in [2.75, 3.05) is 0 Å². The topological polar surface area (TPSA) is 12.0 Å². The van der Waals surface area contributed by atoms with Gasteiger partial charge in [0, 0.05) is 23.7 Å². The number of hydrogen-bond acceptors (Lipinski definition) is 1. The van der Waals surface area contributed by atoms with Gasteiger partial charge in [-0.25, -0.2) is 8.78 Å². The Bertz CT molecular complexity index is 591. The van der Waals surface area contributed by atoms with Gasteiger partial charge in [0.15, 0.2) is 0 Å². The Hall–Kier alpha value is -1.45. The average Bonchev–Trinajstić information content (AvgIpc) is 2.35. The molecule has 2 rings (SSSR count). The van der Waals surface area contributed by atoms with Crippen molar-refractivity contribution in [3.63, 3.8) is 0 Å². The van der Waals surface area contributed by atoms with E-state index in [0.29, 0.717) is 23.2 Å². The van der Waals surface area contributed by atoms with Crippen molar-refractivity contribution in [2.24, 2.45) is 0 Å². The molecule has 0 aliphatic carbocycles. The lowest BCUT2D eigenvalue weighted by Gasteiger charge is -2.13. The van der Waals surface area contributed by atoms with Crippen LogP contribution in [0.25, 0.3) is 11.1 Å². The first-order valence-corrected chi connectivity index (χ1v) is 6.82. The van der Waals surface area contributed by atoms with Crippen LogP contribution in [0, 0.1) is 11.6 Å². The van der Waals surface area contributed by atoms with Crippen LogP contribution in [0.15, 0.2) is 36.4 Å². The Kier molecular flexibility index (Phi) is 4.73. The number of benzene rings is 2. The summed E-state index contributed by atoms with van der Waals surface area (Å²) in [6, 6.07) is 9.15. The molecule has 0 aliphatic rings. The highest BCUT2D eigenvalue weighted by atomic mass is 35.5. The third-order valence-electron chi connectivity index (χ3n) is 2.94. The Morgan fingerprint density at radius 2 is 1.70 bits per heavy atom. The lowest BCUT2D eigenvalue weighted by atomic mass is 9.99. The van der Waals surface area contributed by atoms with Crippen LogP contribution in [-0.2, 0) is 6.54 Å². The maximum atomic E-state index is 13.4. The fraction of sp³-hybridized carbons (Fsp3) is 0.250. The predicted molar refractivity (Wildman–Crippen MR) is 78.8 cm³/mol. The standard InChI is InChI=1S/C16H16ClF2N/c1-10(2)20-9-12-5-13(17)3-4-16(12)11-6-14(18)8-15(19)7-11/h3-8,10,20H,9H2,1-2H3. The number of nitrogens with one attached hydrogen (secondary N) is 1. The van der Waals surface area contributed by atoms with E-state index < -0.39 is 11.6 Å². The van der Waals surface area contributed by atoms with E-state index in [1.165, 1.54) is 12.1 Å². The lowest BCUT2D eigenvalue weighted by molar-refractivity contribution is 0.583. The maximum Gasteiger partial charge on any atom is 0.126 e. The van der Waals surface area contributed by atoms with Gasteiger partial charge in [0.05, 0.1) is 0 Å². The lowest BCUT2D eigenvalue weighted by Crippen LogP contribution is -2.22. The van der Waals surface area contributed by atoms with Crippen LogP contribution in [0.1, 0.15) is 19.4 Å². The second-order valence-electron chi connectivity index (χ2n) is 5.00. The van der Waals surface area contributed by atoms with Gasteiger partial charge in [-0.15, -0.1) is 0 Å². The summed E-state index contributed by atoms with van der Waals surface area (Å²) in [5.41, 5.74) is 2.21. The molecule has 0 atom stereocenters. The molecule has 1 nitrogen and oxygen atoms in total. The van der Waals surface area contributed by atoms with Crippen molar-refractivity contribution in [1.29, 1.82) is 0 Å². The summed E-state index contributed by atoms with van der Waals surface area (Å²) in [6.07, 6.45) is 0. The monoisotopic (exact) mass is 295 g/mol. The first-order chi connectivity index (χ1) is 9.45. The third-order valence-corrected chi connectivity index (χ3v) is 3.18. The van der Waals surface area contributed by atoms with Gasteiger partial charge in [0.2, 0.25) is 0 Å². The molecule has 0 unspecified atom stereocenters. The Balaban J connectivity index is 2.44. The molecule has 0 bridgehead atoms. The van der Waals surface area contributed by atoms with Crippen LogP contribution >= 0.6 is 11.6 Å². The molecule has 0 saturated carbocycles. The molecule has 0 radical (unpaired) electrons. The highest BCUT2D eigenvalue weighted by molar-refractivity contribution is 6.30. The van der Waals surface area contributed by atoms with Crippen molar-refractivity contribution >= 4 is 11.6 Å². The van der Waals surface area contributed by atoms with E-state index in [2.05, 4.69) is 5.32 Å². The number of halogens is 3. The van der Waals surface area contributed by atoms with Gasteiger partial charge in [-0.3, -0.25) is 0 Å². The van der Waals surface area contributed by atoms with Crippen LogP contribution in [0.5, 0.6) is 0 Å². The normalized spacial score (nSPS) is 11.1. The minimum atomic E-state index is -0.585. The fourth-order valence-corrected chi connectivity index (χ4v) is 2.21. The molecule has 2 aromatic carbocycles. The van der Waals surface area contributed by atoms with E-state index in [0.717, 1.165) is 17.2 Å². The van der Waals surface area contributed by atoms with E-state index in [1.807, 2.05) is 19.9 Å². The van der Waals surface area contributed by atoms with Crippen LogP contribution in [-0.4, -0.2) is 6.04 Å². The van der Waals surface area contributed by atoms with Crippen molar-refractivity contribution < 1.29 is 8.78 Å². The largest absolute Gasteiger partial charge is 0.310 e. The molecular weight excluding hydrogens is 280 g/mol. The predicted octanol–water partition coefficient (Wildman–Crippen LogP) is 4.78. The second kappa shape index (κ2) is 6.33. The van der Waals surface area contributed by atoms with Gasteiger partial charge in [-0.1, -0.05) is 31.5 Å². The van der Waals surface area contributed by atoms with Crippen LogP contribution in [0.2, 0.25) is 5.02 Å². The molecule has 106 valence electrons. The first kappa shape index (κ1) is 14.9. The molecule has 4 heteroatoms.